The predicted octanol–water partition coefficient (Wildman–Crippen LogP) is 3.81. The lowest BCUT2D eigenvalue weighted by molar-refractivity contribution is 0.0996. The molecule has 0 fully saturated rings. The van der Waals surface area contributed by atoms with Crippen molar-refractivity contribution in [1.29, 1.82) is 0 Å². The fraction of sp³-hybridized carbons (Fsp3) is 0.125. The molecule has 3 aromatic heterocycles. The maximum Gasteiger partial charge on any atom is 0.322 e. The molecular formula is C16H12N4O3S. The average Bonchev–Trinajstić information content (AvgIpc) is 3.25. The Labute approximate surface area is 140 Å². The van der Waals surface area contributed by atoms with E-state index >= 15 is 0 Å². The first-order valence-corrected chi connectivity index (χ1v) is 7.99. The topological polar surface area (TPSA) is 94.1 Å². The number of benzene rings is 1. The maximum absolute atomic E-state index is 12.3. The highest BCUT2D eigenvalue weighted by Gasteiger charge is 2.18. The zero-order valence-electron chi connectivity index (χ0n) is 12.9. The highest BCUT2D eigenvalue weighted by Crippen LogP contribution is 2.29. The Morgan fingerprint density at radius 3 is 2.75 bits per heavy atom. The van der Waals surface area contributed by atoms with Gasteiger partial charge in [0, 0.05) is 5.39 Å². The van der Waals surface area contributed by atoms with Crippen molar-refractivity contribution in [1.82, 2.24) is 15.2 Å². The predicted molar refractivity (Wildman–Crippen MR) is 89.0 cm³/mol. The Balaban J connectivity index is 1.57. The average molecular weight is 340 g/mol. The van der Waals surface area contributed by atoms with Gasteiger partial charge in [-0.15, -0.1) is 16.4 Å². The lowest BCUT2D eigenvalue weighted by Gasteiger charge is -1.95. The number of anilines is 1. The summed E-state index contributed by atoms with van der Waals surface area (Å²) < 4.78 is 11.0. The summed E-state index contributed by atoms with van der Waals surface area (Å²) in [6.07, 6.45) is 0. The number of nitrogens with one attached hydrogen (secondary N) is 1. The number of amides is 1. The molecule has 1 amide bonds. The lowest BCUT2D eigenvalue weighted by atomic mass is 10.2. The summed E-state index contributed by atoms with van der Waals surface area (Å²) in [6, 6.07) is 9.07. The smallest absolute Gasteiger partial charge is 0.322 e. The Hall–Kier alpha value is -3.00. The largest absolute Gasteiger partial charge is 0.451 e. The molecule has 8 heteroatoms. The first-order chi connectivity index (χ1) is 11.6. The summed E-state index contributed by atoms with van der Waals surface area (Å²) in [5, 5.41) is 12.1. The van der Waals surface area contributed by atoms with E-state index in [1.54, 1.807) is 12.1 Å². The minimum absolute atomic E-state index is 0.0147. The van der Waals surface area contributed by atoms with Crippen LogP contribution in [0.4, 0.5) is 6.01 Å². The van der Waals surface area contributed by atoms with E-state index in [2.05, 4.69) is 20.5 Å². The van der Waals surface area contributed by atoms with Gasteiger partial charge in [0.1, 0.15) is 10.5 Å². The number of nitrogens with zero attached hydrogens (tertiary/aromatic N) is 3. The van der Waals surface area contributed by atoms with Gasteiger partial charge in [0.05, 0.1) is 10.7 Å². The fourth-order valence-corrected chi connectivity index (χ4v) is 3.19. The molecule has 0 radical (unpaired) electrons. The molecule has 4 aromatic rings. The molecule has 0 spiro atoms. The Morgan fingerprint density at radius 2 is 2.00 bits per heavy atom. The Morgan fingerprint density at radius 1 is 1.17 bits per heavy atom. The van der Waals surface area contributed by atoms with Crippen LogP contribution in [0.15, 0.2) is 39.2 Å². The van der Waals surface area contributed by atoms with Gasteiger partial charge in [-0.2, -0.15) is 0 Å². The summed E-state index contributed by atoms with van der Waals surface area (Å²) in [4.78, 5) is 17.4. The normalized spacial score (nSPS) is 11.1. The molecule has 0 atom stereocenters. The summed E-state index contributed by atoms with van der Waals surface area (Å²) in [6.45, 7) is 3.78. The highest BCUT2D eigenvalue weighted by atomic mass is 32.1. The first-order valence-electron chi connectivity index (χ1n) is 7.18. The number of para-hydroxylation sites is 1. The molecule has 0 aliphatic heterocycles. The molecule has 120 valence electrons. The molecule has 1 N–H and O–H groups in total. The Bertz CT molecular complexity index is 1010. The summed E-state index contributed by atoms with van der Waals surface area (Å²) in [5.74, 6) is 0.0670. The quantitative estimate of drug-likeness (QED) is 0.609. The van der Waals surface area contributed by atoms with Gasteiger partial charge in [-0.3, -0.25) is 10.1 Å². The van der Waals surface area contributed by atoms with Gasteiger partial charge in [0.15, 0.2) is 5.76 Å². The van der Waals surface area contributed by atoms with E-state index in [9.17, 15) is 4.79 Å². The summed E-state index contributed by atoms with van der Waals surface area (Å²) >= 11 is 1.46. The van der Waals surface area contributed by atoms with E-state index in [1.165, 1.54) is 11.3 Å². The van der Waals surface area contributed by atoms with E-state index in [4.69, 9.17) is 8.83 Å². The van der Waals surface area contributed by atoms with Gasteiger partial charge in [-0.05, 0) is 26.0 Å². The third-order valence-electron chi connectivity index (χ3n) is 3.39. The molecular weight excluding hydrogens is 328 g/mol. The van der Waals surface area contributed by atoms with Crippen molar-refractivity contribution < 1.29 is 13.6 Å². The number of fused-ring (bicyclic) bond motifs is 1. The van der Waals surface area contributed by atoms with Crippen LogP contribution in [0.1, 0.15) is 21.3 Å². The number of furan rings is 1. The van der Waals surface area contributed by atoms with E-state index < -0.39 is 5.91 Å². The van der Waals surface area contributed by atoms with E-state index in [0.717, 1.165) is 21.0 Å². The molecule has 7 nitrogen and oxygen atoms in total. The van der Waals surface area contributed by atoms with Crippen molar-refractivity contribution >= 4 is 34.2 Å². The second kappa shape index (κ2) is 5.57. The summed E-state index contributed by atoms with van der Waals surface area (Å²) in [7, 11) is 0. The number of aryl methyl sites for hydroxylation is 2. The van der Waals surface area contributed by atoms with Crippen molar-refractivity contribution in [3.8, 4) is 10.8 Å². The van der Waals surface area contributed by atoms with Gasteiger partial charge >= 0.3 is 6.01 Å². The van der Waals surface area contributed by atoms with Crippen LogP contribution in [0.5, 0.6) is 0 Å². The highest BCUT2D eigenvalue weighted by molar-refractivity contribution is 7.15. The number of carbonyl (C=O) groups excluding carboxylic acids is 1. The molecule has 0 saturated carbocycles. The number of hydrogen-bond acceptors (Lipinski definition) is 7. The lowest BCUT2D eigenvalue weighted by Crippen LogP contribution is -2.10. The third kappa shape index (κ3) is 2.56. The standard InChI is InChI=1S/C16H12N4O3S/c1-8-13(24-9(2)17-8)15-19-20-16(23-15)18-14(21)12-7-10-5-3-4-6-11(10)22-12/h3-7H,1-2H3,(H,18,20,21). The van der Waals surface area contributed by atoms with Crippen molar-refractivity contribution in [2.75, 3.05) is 5.32 Å². The van der Waals surface area contributed by atoms with Gasteiger partial charge < -0.3 is 8.83 Å². The van der Waals surface area contributed by atoms with E-state index in [0.29, 0.717) is 11.5 Å². The van der Waals surface area contributed by atoms with Crippen LogP contribution in [0.2, 0.25) is 0 Å². The van der Waals surface area contributed by atoms with Crippen molar-refractivity contribution in [3.05, 3.63) is 46.8 Å². The molecule has 4 rings (SSSR count). The second-order valence-corrected chi connectivity index (χ2v) is 6.37. The molecule has 0 aliphatic rings. The van der Waals surface area contributed by atoms with Crippen LogP contribution < -0.4 is 5.32 Å². The zero-order valence-corrected chi connectivity index (χ0v) is 13.7. The minimum Gasteiger partial charge on any atom is -0.451 e. The Kier molecular flexibility index (Phi) is 3.39. The molecule has 0 saturated heterocycles. The van der Waals surface area contributed by atoms with E-state index in [1.807, 2.05) is 32.0 Å². The van der Waals surface area contributed by atoms with Crippen LogP contribution >= 0.6 is 11.3 Å². The molecule has 0 bridgehead atoms. The van der Waals surface area contributed by atoms with Crippen LogP contribution in [-0.2, 0) is 0 Å². The maximum atomic E-state index is 12.3. The SMILES string of the molecule is Cc1nc(C)c(-c2nnc(NC(=O)c3cc4ccccc4o3)o2)s1. The van der Waals surface area contributed by atoms with E-state index in [-0.39, 0.29) is 11.8 Å². The zero-order chi connectivity index (χ0) is 16.7. The van der Waals surface area contributed by atoms with Crippen molar-refractivity contribution in [3.63, 3.8) is 0 Å². The number of rotatable bonds is 3. The van der Waals surface area contributed by atoms with Gasteiger partial charge in [-0.1, -0.05) is 23.3 Å². The first kappa shape index (κ1) is 14.6. The molecule has 24 heavy (non-hydrogen) atoms. The van der Waals surface area contributed by atoms with Crippen molar-refractivity contribution in [2.45, 2.75) is 13.8 Å². The number of thiazole rings is 1. The number of hydrogen-bond donors (Lipinski definition) is 1. The van der Waals surface area contributed by atoms with Gasteiger partial charge in [0.2, 0.25) is 0 Å². The fourth-order valence-electron chi connectivity index (χ4n) is 2.35. The number of aromatic nitrogens is 3. The molecule has 3 heterocycles. The van der Waals surface area contributed by atoms with Crippen molar-refractivity contribution in [2.24, 2.45) is 0 Å². The summed E-state index contributed by atoms with van der Waals surface area (Å²) in [5.41, 5.74) is 1.46. The molecule has 0 aliphatic carbocycles. The molecule has 0 unspecified atom stereocenters. The number of carbonyl (C=O) groups is 1. The van der Waals surface area contributed by atoms with Crippen LogP contribution in [0, 0.1) is 13.8 Å². The van der Waals surface area contributed by atoms with Gasteiger partial charge in [0.25, 0.3) is 11.8 Å². The van der Waals surface area contributed by atoms with Crippen LogP contribution in [-0.4, -0.2) is 21.1 Å². The van der Waals surface area contributed by atoms with Crippen LogP contribution in [0.3, 0.4) is 0 Å². The third-order valence-corrected chi connectivity index (χ3v) is 4.45. The molecule has 1 aromatic carbocycles. The van der Waals surface area contributed by atoms with Gasteiger partial charge in [-0.25, -0.2) is 4.98 Å². The monoisotopic (exact) mass is 340 g/mol. The second-order valence-electron chi connectivity index (χ2n) is 5.16. The minimum atomic E-state index is -0.446. The van der Waals surface area contributed by atoms with Crippen LogP contribution in [0.25, 0.3) is 21.7 Å².